The largest absolute Gasteiger partial charge is 0.449 e. The van der Waals surface area contributed by atoms with Crippen LogP contribution in [-0.2, 0) is 4.74 Å². The van der Waals surface area contributed by atoms with Gasteiger partial charge in [-0.2, -0.15) is 0 Å². The van der Waals surface area contributed by atoms with Crippen LogP contribution in [0.5, 0.6) is 0 Å². The second-order valence-corrected chi connectivity index (χ2v) is 5.36. The van der Waals surface area contributed by atoms with Gasteiger partial charge < -0.3 is 9.15 Å². The molecule has 122 valence electrons. The summed E-state index contributed by atoms with van der Waals surface area (Å²) in [5.74, 6) is -1.24. The maximum atomic E-state index is 13.7. The topological polar surface area (TPSA) is 65.2 Å². The molecule has 7 heteroatoms. The molecule has 24 heavy (non-hydrogen) atoms. The van der Waals surface area contributed by atoms with Crippen LogP contribution >= 0.6 is 11.6 Å². The summed E-state index contributed by atoms with van der Waals surface area (Å²) in [7, 11) is 0. The second kappa shape index (κ2) is 6.80. The van der Waals surface area contributed by atoms with Crippen LogP contribution in [-0.4, -0.2) is 16.2 Å². The van der Waals surface area contributed by atoms with Crippen molar-refractivity contribution >= 4 is 17.6 Å². The van der Waals surface area contributed by atoms with Crippen LogP contribution in [0.3, 0.4) is 0 Å². The molecule has 0 fully saturated rings. The van der Waals surface area contributed by atoms with Gasteiger partial charge in [0.25, 0.3) is 5.89 Å². The summed E-state index contributed by atoms with van der Waals surface area (Å²) in [6, 6.07) is 13.1. The van der Waals surface area contributed by atoms with Crippen LogP contribution in [0.2, 0.25) is 5.02 Å². The van der Waals surface area contributed by atoms with Crippen molar-refractivity contribution in [3.63, 3.8) is 0 Å². The summed E-state index contributed by atoms with van der Waals surface area (Å²) in [6.45, 7) is 1.55. The SMILES string of the molecule is CC(OC(=O)c1c(F)cccc1Cl)c1nnc(-c2ccccc2)o1. The van der Waals surface area contributed by atoms with Crippen molar-refractivity contribution in [3.8, 4) is 11.5 Å². The Morgan fingerprint density at radius 2 is 1.92 bits per heavy atom. The van der Waals surface area contributed by atoms with Crippen LogP contribution in [0, 0.1) is 5.82 Å². The first kappa shape index (κ1) is 16.1. The molecule has 3 aromatic rings. The molecule has 1 aromatic heterocycles. The zero-order valence-electron chi connectivity index (χ0n) is 12.6. The minimum Gasteiger partial charge on any atom is -0.449 e. The standard InChI is InChI=1S/C17H12ClFN2O3/c1-10(23-17(22)14-12(18)8-5-9-13(14)19)15-20-21-16(24-15)11-6-3-2-4-7-11/h2-10H,1H3. The Balaban J connectivity index is 1.77. The van der Waals surface area contributed by atoms with E-state index in [9.17, 15) is 9.18 Å². The fraction of sp³-hybridized carbons (Fsp3) is 0.118. The van der Waals surface area contributed by atoms with E-state index in [1.807, 2.05) is 30.3 Å². The zero-order valence-corrected chi connectivity index (χ0v) is 13.3. The molecule has 1 heterocycles. The number of hydrogen-bond donors (Lipinski definition) is 0. The fourth-order valence-corrected chi connectivity index (χ4v) is 2.30. The van der Waals surface area contributed by atoms with Crippen LogP contribution in [0.15, 0.2) is 52.9 Å². The van der Waals surface area contributed by atoms with Crippen LogP contribution < -0.4 is 0 Å². The van der Waals surface area contributed by atoms with Crippen molar-refractivity contribution in [1.82, 2.24) is 10.2 Å². The molecule has 0 bridgehead atoms. The Morgan fingerprint density at radius 1 is 1.17 bits per heavy atom. The van der Waals surface area contributed by atoms with Crippen LogP contribution in [0.25, 0.3) is 11.5 Å². The molecule has 0 saturated heterocycles. The van der Waals surface area contributed by atoms with Crippen molar-refractivity contribution < 1.29 is 18.3 Å². The van der Waals surface area contributed by atoms with Gasteiger partial charge in [0.15, 0.2) is 6.10 Å². The van der Waals surface area contributed by atoms with Crippen molar-refractivity contribution in [3.05, 3.63) is 70.8 Å². The van der Waals surface area contributed by atoms with Gasteiger partial charge in [-0.05, 0) is 31.2 Å². The van der Waals surface area contributed by atoms with E-state index >= 15 is 0 Å². The highest BCUT2D eigenvalue weighted by Crippen LogP contribution is 2.25. The minimum absolute atomic E-state index is 0.0253. The molecule has 1 unspecified atom stereocenters. The summed E-state index contributed by atoms with van der Waals surface area (Å²) < 4.78 is 24.4. The number of carbonyl (C=O) groups excluding carboxylic acids is 1. The zero-order chi connectivity index (χ0) is 17.1. The average molecular weight is 347 g/mol. The number of hydrogen-bond acceptors (Lipinski definition) is 5. The fourth-order valence-electron chi connectivity index (χ4n) is 2.06. The molecule has 0 saturated carbocycles. The lowest BCUT2D eigenvalue weighted by Gasteiger charge is -2.10. The average Bonchev–Trinajstić information content (AvgIpc) is 3.05. The first-order chi connectivity index (χ1) is 11.6. The van der Waals surface area contributed by atoms with E-state index in [1.165, 1.54) is 12.1 Å². The maximum absolute atomic E-state index is 13.7. The Bertz CT molecular complexity index is 847. The third-order valence-electron chi connectivity index (χ3n) is 3.26. The van der Waals surface area contributed by atoms with Crippen molar-refractivity contribution in [2.45, 2.75) is 13.0 Å². The van der Waals surface area contributed by atoms with Gasteiger partial charge in [0.05, 0.1) is 5.02 Å². The molecule has 5 nitrogen and oxygen atoms in total. The van der Waals surface area contributed by atoms with Gasteiger partial charge in [-0.25, -0.2) is 9.18 Å². The first-order valence-corrected chi connectivity index (χ1v) is 7.48. The van der Waals surface area contributed by atoms with E-state index in [1.54, 1.807) is 6.92 Å². The first-order valence-electron chi connectivity index (χ1n) is 7.10. The highest BCUT2D eigenvalue weighted by Gasteiger charge is 2.23. The van der Waals surface area contributed by atoms with Crippen molar-refractivity contribution in [1.29, 1.82) is 0 Å². The second-order valence-electron chi connectivity index (χ2n) is 4.96. The Morgan fingerprint density at radius 3 is 2.62 bits per heavy atom. The molecular weight excluding hydrogens is 335 g/mol. The van der Waals surface area contributed by atoms with Gasteiger partial charge >= 0.3 is 5.97 Å². The molecule has 0 amide bonds. The number of esters is 1. The number of ether oxygens (including phenoxy) is 1. The molecule has 0 aliphatic heterocycles. The minimum atomic E-state index is -0.898. The van der Waals surface area contributed by atoms with Crippen molar-refractivity contribution in [2.75, 3.05) is 0 Å². The number of benzene rings is 2. The predicted octanol–water partition coefficient (Wildman–Crippen LogP) is 4.45. The third kappa shape index (κ3) is 3.28. The van der Waals surface area contributed by atoms with Crippen LogP contribution in [0.1, 0.15) is 29.3 Å². The van der Waals surface area contributed by atoms with E-state index in [0.717, 1.165) is 11.6 Å². The Kier molecular flexibility index (Phi) is 4.57. The quantitative estimate of drug-likeness (QED) is 0.653. The summed E-state index contributed by atoms with van der Waals surface area (Å²) in [5, 5.41) is 7.75. The number of nitrogens with zero attached hydrogens (tertiary/aromatic N) is 2. The monoisotopic (exact) mass is 346 g/mol. The molecular formula is C17H12ClFN2O3. The molecule has 0 spiro atoms. The molecule has 3 rings (SSSR count). The molecule has 0 radical (unpaired) electrons. The van der Waals surface area contributed by atoms with Gasteiger partial charge in [0, 0.05) is 5.56 Å². The molecule has 0 N–H and O–H groups in total. The number of halogens is 2. The number of rotatable bonds is 4. The normalized spacial score (nSPS) is 12.0. The third-order valence-corrected chi connectivity index (χ3v) is 3.57. The van der Waals surface area contributed by atoms with E-state index in [4.69, 9.17) is 20.8 Å². The maximum Gasteiger partial charge on any atom is 0.343 e. The molecule has 0 aliphatic rings. The molecule has 0 aliphatic carbocycles. The highest BCUT2D eigenvalue weighted by molar-refractivity contribution is 6.33. The summed E-state index contributed by atoms with van der Waals surface area (Å²) >= 11 is 5.85. The van der Waals surface area contributed by atoms with Gasteiger partial charge in [0.2, 0.25) is 5.89 Å². The lowest BCUT2D eigenvalue weighted by atomic mass is 10.2. The lowest BCUT2D eigenvalue weighted by molar-refractivity contribution is 0.0275. The van der Waals surface area contributed by atoms with Gasteiger partial charge in [-0.15, -0.1) is 10.2 Å². The summed E-state index contributed by atoms with van der Waals surface area (Å²) in [5.41, 5.74) is 0.417. The molecule has 1 atom stereocenters. The highest BCUT2D eigenvalue weighted by atomic mass is 35.5. The molecule has 2 aromatic carbocycles. The Hall–Kier alpha value is -2.73. The predicted molar refractivity (Wildman–Crippen MR) is 85.0 cm³/mol. The van der Waals surface area contributed by atoms with E-state index in [-0.39, 0.29) is 16.5 Å². The van der Waals surface area contributed by atoms with Gasteiger partial charge in [0.1, 0.15) is 11.4 Å². The smallest absolute Gasteiger partial charge is 0.343 e. The van der Waals surface area contributed by atoms with Gasteiger partial charge in [-0.3, -0.25) is 0 Å². The lowest BCUT2D eigenvalue weighted by Crippen LogP contribution is -2.12. The summed E-state index contributed by atoms with van der Waals surface area (Å²) in [4.78, 5) is 12.1. The summed E-state index contributed by atoms with van der Waals surface area (Å²) in [6.07, 6.45) is -0.849. The van der Waals surface area contributed by atoms with Crippen LogP contribution in [0.4, 0.5) is 4.39 Å². The number of aromatic nitrogens is 2. The van der Waals surface area contributed by atoms with E-state index in [2.05, 4.69) is 10.2 Å². The Labute approximate surface area is 142 Å². The number of carbonyl (C=O) groups is 1. The van der Waals surface area contributed by atoms with E-state index in [0.29, 0.717) is 5.89 Å². The van der Waals surface area contributed by atoms with Crippen molar-refractivity contribution in [2.24, 2.45) is 0 Å². The van der Waals surface area contributed by atoms with E-state index < -0.39 is 17.9 Å². The van der Waals surface area contributed by atoms with Gasteiger partial charge in [-0.1, -0.05) is 35.9 Å².